The second-order valence-corrected chi connectivity index (χ2v) is 9.89. The molecule has 1 N–H and O–H groups in total. The summed E-state index contributed by atoms with van der Waals surface area (Å²) in [6, 6.07) is 18.7. The standard InChI is InChI=1S/C22H28N2O2S/c1-3-12-22(18-10-7-11-19(13-18)23-27(2,25)26)20-15-24(16-21(20)22)14-17-8-5-4-6-9-17/h4-11,13,20-21,23H,3,12,14-16H2,1-2H3. The first-order chi connectivity index (χ1) is 12.9. The molecule has 5 heteroatoms. The van der Waals surface area contributed by atoms with Gasteiger partial charge in [-0.2, -0.15) is 0 Å². The van der Waals surface area contributed by atoms with Gasteiger partial charge < -0.3 is 0 Å². The number of sulfonamides is 1. The first-order valence-corrected chi connectivity index (χ1v) is 11.7. The van der Waals surface area contributed by atoms with Crippen molar-refractivity contribution in [2.75, 3.05) is 24.1 Å². The third-order valence-corrected chi connectivity index (χ3v) is 6.83. The van der Waals surface area contributed by atoms with Gasteiger partial charge in [0.2, 0.25) is 10.0 Å². The minimum Gasteiger partial charge on any atom is -0.298 e. The molecule has 1 aliphatic carbocycles. The van der Waals surface area contributed by atoms with Gasteiger partial charge in [0.25, 0.3) is 0 Å². The van der Waals surface area contributed by atoms with Crippen molar-refractivity contribution < 1.29 is 8.42 Å². The number of fused-ring (bicyclic) bond motifs is 1. The molecule has 2 aromatic carbocycles. The summed E-state index contributed by atoms with van der Waals surface area (Å²) in [5, 5.41) is 0. The van der Waals surface area contributed by atoms with E-state index in [0.717, 1.165) is 26.1 Å². The Morgan fingerprint density at radius 1 is 1.07 bits per heavy atom. The largest absolute Gasteiger partial charge is 0.298 e. The Hall–Kier alpha value is -1.85. The Morgan fingerprint density at radius 2 is 1.78 bits per heavy atom. The van der Waals surface area contributed by atoms with Crippen LogP contribution in [0.3, 0.4) is 0 Å². The Labute approximate surface area is 162 Å². The van der Waals surface area contributed by atoms with Gasteiger partial charge in [0.1, 0.15) is 0 Å². The smallest absolute Gasteiger partial charge is 0.229 e. The third kappa shape index (κ3) is 3.63. The summed E-state index contributed by atoms with van der Waals surface area (Å²) in [5.74, 6) is 1.35. The van der Waals surface area contributed by atoms with Crippen molar-refractivity contribution in [3.8, 4) is 0 Å². The van der Waals surface area contributed by atoms with E-state index in [1.807, 2.05) is 12.1 Å². The molecule has 0 radical (unpaired) electrons. The molecule has 27 heavy (non-hydrogen) atoms. The van der Waals surface area contributed by atoms with E-state index >= 15 is 0 Å². The van der Waals surface area contributed by atoms with Crippen LogP contribution in [0.15, 0.2) is 54.6 Å². The minimum absolute atomic E-state index is 0.219. The van der Waals surface area contributed by atoms with Crippen molar-refractivity contribution in [1.29, 1.82) is 0 Å². The number of hydrogen-bond acceptors (Lipinski definition) is 3. The zero-order valence-electron chi connectivity index (χ0n) is 16.1. The second kappa shape index (κ2) is 6.95. The number of hydrogen-bond donors (Lipinski definition) is 1. The molecule has 0 bridgehead atoms. The lowest BCUT2D eigenvalue weighted by Gasteiger charge is -2.27. The van der Waals surface area contributed by atoms with E-state index in [9.17, 15) is 8.42 Å². The normalized spacial score (nSPS) is 27.3. The lowest BCUT2D eigenvalue weighted by Crippen LogP contribution is -2.30. The lowest BCUT2D eigenvalue weighted by atomic mass is 9.85. The maximum absolute atomic E-state index is 11.6. The fourth-order valence-electron chi connectivity index (χ4n) is 5.23. The highest BCUT2D eigenvalue weighted by atomic mass is 32.2. The third-order valence-electron chi connectivity index (χ3n) is 6.23. The summed E-state index contributed by atoms with van der Waals surface area (Å²) in [4.78, 5) is 2.57. The SMILES string of the molecule is CCCC1(c2cccc(NS(C)(=O)=O)c2)C2CN(Cc3ccccc3)CC21. The van der Waals surface area contributed by atoms with Gasteiger partial charge in [-0.05, 0) is 41.5 Å². The molecule has 144 valence electrons. The molecule has 1 saturated carbocycles. The van der Waals surface area contributed by atoms with Gasteiger partial charge >= 0.3 is 0 Å². The fourth-order valence-corrected chi connectivity index (χ4v) is 5.78. The molecule has 1 heterocycles. The van der Waals surface area contributed by atoms with E-state index in [1.54, 1.807) is 0 Å². The molecule has 4 nitrogen and oxygen atoms in total. The molecule has 0 spiro atoms. The first kappa shape index (κ1) is 18.5. The predicted octanol–water partition coefficient (Wildman–Crippen LogP) is 3.86. The summed E-state index contributed by atoms with van der Waals surface area (Å²) in [5.41, 5.74) is 3.57. The Morgan fingerprint density at radius 3 is 2.41 bits per heavy atom. The molecule has 2 fully saturated rings. The van der Waals surface area contributed by atoms with Crippen LogP contribution >= 0.6 is 0 Å². The van der Waals surface area contributed by atoms with Crippen molar-refractivity contribution >= 4 is 15.7 Å². The molecule has 2 unspecified atom stereocenters. The summed E-state index contributed by atoms with van der Waals surface area (Å²) in [6.07, 6.45) is 3.52. The molecular weight excluding hydrogens is 356 g/mol. The van der Waals surface area contributed by atoms with E-state index < -0.39 is 10.0 Å². The zero-order chi connectivity index (χ0) is 19.1. The molecule has 1 saturated heterocycles. The maximum Gasteiger partial charge on any atom is 0.229 e. The van der Waals surface area contributed by atoms with E-state index in [-0.39, 0.29) is 5.41 Å². The van der Waals surface area contributed by atoms with E-state index in [0.29, 0.717) is 17.5 Å². The van der Waals surface area contributed by atoms with Crippen LogP contribution in [0, 0.1) is 11.8 Å². The van der Waals surface area contributed by atoms with Crippen LogP contribution in [-0.2, 0) is 22.0 Å². The zero-order valence-corrected chi connectivity index (χ0v) is 16.9. The Kier molecular flexibility index (Phi) is 4.77. The number of likely N-dealkylation sites (tertiary alicyclic amines) is 1. The number of rotatable bonds is 7. The highest BCUT2D eigenvalue weighted by Gasteiger charge is 2.67. The lowest BCUT2D eigenvalue weighted by molar-refractivity contribution is 0.259. The molecule has 2 aliphatic rings. The minimum atomic E-state index is -3.25. The van der Waals surface area contributed by atoms with Crippen molar-refractivity contribution in [3.05, 3.63) is 65.7 Å². The quantitative estimate of drug-likeness (QED) is 0.789. The molecule has 4 rings (SSSR count). The van der Waals surface area contributed by atoms with Gasteiger partial charge in [0, 0.05) is 30.7 Å². The van der Waals surface area contributed by atoms with E-state index in [1.165, 1.54) is 23.8 Å². The molecule has 0 aromatic heterocycles. The van der Waals surface area contributed by atoms with Crippen LogP contribution in [0.5, 0.6) is 0 Å². The number of nitrogens with one attached hydrogen (secondary N) is 1. The molecule has 2 atom stereocenters. The number of benzene rings is 2. The average Bonchev–Trinajstić information content (AvgIpc) is 2.98. The van der Waals surface area contributed by atoms with Crippen LogP contribution in [-0.4, -0.2) is 32.7 Å². The van der Waals surface area contributed by atoms with Crippen molar-refractivity contribution in [2.45, 2.75) is 31.7 Å². The Balaban J connectivity index is 1.51. The molecule has 0 amide bonds. The van der Waals surface area contributed by atoms with Crippen LogP contribution in [0.2, 0.25) is 0 Å². The Bertz CT molecular complexity index is 899. The molecule has 2 aromatic rings. The monoisotopic (exact) mass is 384 g/mol. The van der Waals surface area contributed by atoms with Gasteiger partial charge in [0.15, 0.2) is 0 Å². The first-order valence-electron chi connectivity index (χ1n) is 9.77. The van der Waals surface area contributed by atoms with Gasteiger partial charge in [-0.1, -0.05) is 55.8 Å². The average molecular weight is 385 g/mol. The summed E-state index contributed by atoms with van der Waals surface area (Å²) in [7, 11) is -3.25. The van der Waals surface area contributed by atoms with Gasteiger partial charge in [-0.3, -0.25) is 9.62 Å². The maximum atomic E-state index is 11.6. The number of anilines is 1. The van der Waals surface area contributed by atoms with E-state index in [4.69, 9.17) is 0 Å². The van der Waals surface area contributed by atoms with Gasteiger partial charge in [0.05, 0.1) is 6.26 Å². The van der Waals surface area contributed by atoms with Crippen LogP contribution in [0.1, 0.15) is 30.9 Å². The number of nitrogens with zero attached hydrogens (tertiary/aromatic N) is 1. The van der Waals surface area contributed by atoms with Crippen LogP contribution in [0.25, 0.3) is 0 Å². The summed E-state index contributed by atoms with van der Waals surface area (Å²) in [6.45, 7) is 5.52. The predicted molar refractivity (Wildman–Crippen MR) is 110 cm³/mol. The highest BCUT2D eigenvalue weighted by molar-refractivity contribution is 7.92. The summed E-state index contributed by atoms with van der Waals surface area (Å²) >= 11 is 0. The van der Waals surface area contributed by atoms with Gasteiger partial charge in [-0.25, -0.2) is 8.42 Å². The topological polar surface area (TPSA) is 49.4 Å². The number of piperidine rings is 1. The van der Waals surface area contributed by atoms with Crippen molar-refractivity contribution in [1.82, 2.24) is 4.90 Å². The molecule has 1 aliphatic heterocycles. The fraction of sp³-hybridized carbons (Fsp3) is 0.455. The summed E-state index contributed by atoms with van der Waals surface area (Å²) < 4.78 is 25.8. The molecular formula is C22H28N2O2S. The van der Waals surface area contributed by atoms with Gasteiger partial charge in [-0.15, -0.1) is 0 Å². The van der Waals surface area contributed by atoms with E-state index in [2.05, 4.69) is 59.0 Å². The highest BCUT2D eigenvalue weighted by Crippen LogP contribution is 2.66. The van der Waals surface area contributed by atoms with Crippen molar-refractivity contribution in [3.63, 3.8) is 0 Å². The second-order valence-electron chi connectivity index (χ2n) is 8.14. The van der Waals surface area contributed by atoms with Crippen LogP contribution < -0.4 is 4.72 Å². The van der Waals surface area contributed by atoms with Crippen molar-refractivity contribution in [2.24, 2.45) is 11.8 Å². The van der Waals surface area contributed by atoms with Crippen LogP contribution in [0.4, 0.5) is 5.69 Å².